The Labute approximate surface area is 193 Å². The largest absolute Gasteiger partial charge is 0.356 e. The fourth-order valence-corrected chi connectivity index (χ4v) is 4.29. The van der Waals surface area contributed by atoms with Crippen LogP contribution in [0.1, 0.15) is 94.2 Å². The van der Waals surface area contributed by atoms with Crippen LogP contribution in [0.4, 0.5) is 11.4 Å². The van der Waals surface area contributed by atoms with Gasteiger partial charge in [-0.3, -0.25) is 0 Å². The molecule has 1 N–H and O–H groups in total. The maximum absolute atomic E-state index is 3.58. The molecule has 0 radical (unpaired) electrons. The third-order valence-electron chi connectivity index (χ3n) is 9.61. The van der Waals surface area contributed by atoms with Crippen LogP contribution in [0.2, 0.25) is 0 Å². The molecule has 0 atom stereocenters. The van der Waals surface area contributed by atoms with Crippen molar-refractivity contribution in [1.82, 2.24) is 0 Å². The monoisotopic (exact) mass is 421 g/mol. The van der Waals surface area contributed by atoms with Crippen LogP contribution >= 0.6 is 0 Å². The van der Waals surface area contributed by atoms with Crippen molar-refractivity contribution in [3.63, 3.8) is 0 Å². The van der Waals surface area contributed by atoms with Gasteiger partial charge in [-0.05, 0) is 68.9 Å². The smallest absolute Gasteiger partial charge is 0.0384 e. The summed E-state index contributed by atoms with van der Waals surface area (Å²) >= 11 is 0. The second-order valence-electron chi connectivity index (χ2n) is 12.3. The summed E-state index contributed by atoms with van der Waals surface area (Å²) in [6.45, 7) is 28.3. The molecule has 2 aromatic carbocycles. The Hall–Kier alpha value is -1.76. The molecule has 0 aliphatic heterocycles. The van der Waals surface area contributed by atoms with E-state index in [-0.39, 0.29) is 21.7 Å². The molecule has 1 nitrogen and oxygen atoms in total. The van der Waals surface area contributed by atoms with Gasteiger partial charge in [-0.25, -0.2) is 0 Å². The van der Waals surface area contributed by atoms with Gasteiger partial charge >= 0.3 is 0 Å². The Morgan fingerprint density at radius 3 is 0.968 bits per heavy atom. The predicted octanol–water partition coefficient (Wildman–Crippen LogP) is 9.35. The summed E-state index contributed by atoms with van der Waals surface area (Å²) in [5, 5.41) is 3.58. The quantitative estimate of drug-likeness (QED) is 0.447. The molecule has 0 aromatic heterocycles. The van der Waals surface area contributed by atoms with E-state index in [1.165, 1.54) is 11.1 Å². The van der Waals surface area contributed by atoms with Gasteiger partial charge in [-0.1, -0.05) is 107 Å². The molecule has 0 fully saturated rings. The van der Waals surface area contributed by atoms with E-state index < -0.39 is 0 Å². The second kappa shape index (κ2) is 8.64. The van der Waals surface area contributed by atoms with Crippen molar-refractivity contribution < 1.29 is 0 Å². The van der Waals surface area contributed by atoms with Crippen LogP contribution < -0.4 is 5.32 Å². The van der Waals surface area contributed by atoms with Gasteiger partial charge in [0.25, 0.3) is 0 Å². The van der Waals surface area contributed by atoms with Crippen molar-refractivity contribution in [2.45, 2.75) is 93.9 Å². The van der Waals surface area contributed by atoms with Crippen LogP contribution in [-0.4, -0.2) is 0 Å². The number of benzene rings is 2. The van der Waals surface area contributed by atoms with E-state index in [4.69, 9.17) is 0 Å². The summed E-state index contributed by atoms with van der Waals surface area (Å²) in [6.07, 6.45) is 0. The molecule has 0 heterocycles. The topological polar surface area (TPSA) is 12.0 Å². The van der Waals surface area contributed by atoms with Gasteiger partial charge in [0.1, 0.15) is 0 Å². The number of hydrogen-bond acceptors (Lipinski definition) is 1. The summed E-state index contributed by atoms with van der Waals surface area (Å²) in [4.78, 5) is 0. The molecule has 0 saturated heterocycles. The van der Waals surface area contributed by atoms with Crippen molar-refractivity contribution in [3.8, 4) is 0 Å². The highest BCUT2D eigenvalue weighted by molar-refractivity contribution is 5.60. The Morgan fingerprint density at radius 2 is 0.742 bits per heavy atom. The Balaban J connectivity index is 2.20. The molecule has 0 aliphatic carbocycles. The second-order valence-corrected chi connectivity index (χ2v) is 12.3. The average molecular weight is 422 g/mol. The number of anilines is 2. The molecular formula is C30H47N. The van der Waals surface area contributed by atoms with Crippen molar-refractivity contribution in [3.05, 3.63) is 59.7 Å². The summed E-state index contributed by atoms with van der Waals surface area (Å²) in [5.74, 6) is 1.23. The van der Waals surface area contributed by atoms with Gasteiger partial charge < -0.3 is 5.32 Å². The molecule has 2 rings (SSSR count). The van der Waals surface area contributed by atoms with Crippen LogP contribution in [0.25, 0.3) is 0 Å². The highest BCUT2D eigenvalue weighted by atomic mass is 14.9. The van der Waals surface area contributed by atoms with Gasteiger partial charge in [-0.2, -0.15) is 0 Å². The molecule has 0 unspecified atom stereocenters. The lowest BCUT2D eigenvalue weighted by atomic mass is 9.59. The summed E-state index contributed by atoms with van der Waals surface area (Å²) in [6, 6.07) is 18.0. The number of hydrogen-bond donors (Lipinski definition) is 1. The van der Waals surface area contributed by atoms with E-state index in [9.17, 15) is 0 Å². The zero-order valence-electron chi connectivity index (χ0n) is 22.3. The van der Waals surface area contributed by atoms with Crippen LogP contribution in [0.15, 0.2) is 48.5 Å². The standard InChI is InChI=1S/C30H47N/c1-21(2)27(5,6)29(9,10)23-13-17-25(18-14-23)31-26-19-15-24(16-20-26)30(11,12)28(7,8)22(3)4/h13-22,31H,1-12H3. The third kappa shape index (κ3) is 4.71. The normalized spacial score (nSPS) is 13.7. The third-order valence-corrected chi connectivity index (χ3v) is 9.61. The predicted molar refractivity (Wildman–Crippen MR) is 139 cm³/mol. The first-order valence-electron chi connectivity index (χ1n) is 12.0. The lowest BCUT2D eigenvalue weighted by molar-refractivity contribution is 0.126. The van der Waals surface area contributed by atoms with Crippen molar-refractivity contribution in [2.24, 2.45) is 22.7 Å². The van der Waals surface area contributed by atoms with Gasteiger partial charge in [0.05, 0.1) is 0 Å². The van der Waals surface area contributed by atoms with E-state index in [0.29, 0.717) is 11.8 Å². The summed E-state index contributed by atoms with van der Waals surface area (Å²) < 4.78 is 0. The molecule has 0 spiro atoms. The minimum atomic E-state index is 0.107. The summed E-state index contributed by atoms with van der Waals surface area (Å²) in [7, 11) is 0. The van der Waals surface area contributed by atoms with Gasteiger partial charge in [0.2, 0.25) is 0 Å². The fraction of sp³-hybridized carbons (Fsp3) is 0.600. The molecule has 0 bridgehead atoms. The van der Waals surface area contributed by atoms with Crippen molar-refractivity contribution in [2.75, 3.05) is 5.32 Å². The zero-order valence-corrected chi connectivity index (χ0v) is 22.3. The lowest BCUT2D eigenvalue weighted by Gasteiger charge is -2.45. The maximum Gasteiger partial charge on any atom is 0.0384 e. The van der Waals surface area contributed by atoms with E-state index >= 15 is 0 Å². The molecule has 0 saturated carbocycles. The highest BCUT2D eigenvalue weighted by Gasteiger charge is 2.41. The van der Waals surface area contributed by atoms with E-state index in [0.717, 1.165) is 11.4 Å². The van der Waals surface area contributed by atoms with Crippen molar-refractivity contribution in [1.29, 1.82) is 0 Å². The zero-order chi connectivity index (χ0) is 23.8. The Morgan fingerprint density at radius 1 is 0.484 bits per heavy atom. The van der Waals surface area contributed by atoms with Gasteiger partial charge in [-0.15, -0.1) is 0 Å². The van der Waals surface area contributed by atoms with Crippen LogP contribution in [0, 0.1) is 22.7 Å². The fourth-order valence-electron chi connectivity index (χ4n) is 4.29. The van der Waals surface area contributed by atoms with Crippen LogP contribution in [0.5, 0.6) is 0 Å². The van der Waals surface area contributed by atoms with E-state index in [1.807, 2.05) is 0 Å². The molecule has 2 aromatic rings. The highest BCUT2D eigenvalue weighted by Crippen LogP contribution is 2.47. The summed E-state index contributed by atoms with van der Waals surface area (Å²) in [5.41, 5.74) is 5.71. The molecule has 31 heavy (non-hydrogen) atoms. The lowest BCUT2D eigenvalue weighted by Crippen LogP contribution is -2.40. The number of nitrogens with one attached hydrogen (secondary N) is 1. The molecule has 172 valence electrons. The van der Waals surface area contributed by atoms with Gasteiger partial charge in [0, 0.05) is 11.4 Å². The SMILES string of the molecule is CC(C)C(C)(C)C(C)(C)c1ccc(Nc2ccc(C(C)(C)C(C)(C)C(C)C)cc2)cc1. The first-order chi connectivity index (χ1) is 14.0. The van der Waals surface area contributed by atoms with E-state index in [1.54, 1.807) is 0 Å². The maximum atomic E-state index is 3.58. The first-order valence-corrected chi connectivity index (χ1v) is 12.0. The van der Waals surface area contributed by atoms with Crippen LogP contribution in [-0.2, 0) is 10.8 Å². The Bertz CT molecular complexity index is 773. The minimum absolute atomic E-state index is 0.107. The van der Waals surface area contributed by atoms with Gasteiger partial charge in [0.15, 0.2) is 0 Å². The first kappa shape index (κ1) is 25.5. The number of rotatable bonds is 8. The molecule has 1 heteroatoms. The minimum Gasteiger partial charge on any atom is -0.356 e. The Kier molecular flexibility index (Phi) is 7.11. The van der Waals surface area contributed by atoms with Crippen LogP contribution in [0.3, 0.4) is 0 Å². The molecule has 0 aliphatic rings. The van der Waals surface area contributed by atoms with E-state index in [2.05, 4.69) is 137 Å². The average Bonchev–Trinajstić information content (AvgIpc) is 2.68. The molecule has 0 amide bonds. The molecular weight excluding hydrogens is 374 g/mol. The van der Waals surface area contributed by atoms with Crippen molar-refractivity contribution >= 4 is 11.4 Å².